The predicted molar refractivity (Wildman–Crippen MR) is 563 cm³/mol. The van der Waals surface area contributed by atoms with Crippen LogP contribution >= 0.6 is 11.3 Å². The van der Waals surface area contributed by atoms with E-state index in [1.807, 2.05) is 59.9 Å². The molecule has 0 N–H and O–H groups in total. The van der Waals surface area contributed by atoms with Crippen molar-refractivity contribution in [2.45, 2.75) is 0 Å². The van der Waals surface area contributed by atoms with Gasteiger partial charge < -0.3 is 22.7 Å². The number of thiophene rings is 1. The first-order valence-corrected chi connectivity index (χ1v) is 46.4. The molecule has 30 aromatic rings. The molecule has 0 aliphatic rings. The SMILES string of the molecule is c1ccc2c(c1)ccc1c2c2ccccc2n1-c1ccc2cc3c(cc2c1)c1ccccc1n3-c1ccc(-c2nc3ccccc3nc2-c2ccc3c(c2)oc2ccccc23)c2ccccc12.c1ccc2c(c1)ccc1c2c2ccccc2n1-c1ccc2cc3c(cc2c1)c1ccccc1n3-c1ccc(-c2nc3ccccc3nc2-c2ccc3c(c2)sc2ccccc23)c2ccccc12. The van der Waals surface area contributed by atoms with E-state index < -0.39 is 0 Å². The van der Waals surface area contributed by atoms with E-state index in [-0.39, 0.29) is 0 Å². The first-order chi connectivity index (χ1) is 66.4. The largest absolute Gasteiger partial charge is 0.456 e. The normalized spacial score (nSPS) is 12.2. The van der Waals surface area contributed by atoms with E-state index in [4.69, 9.17) is 24.4 Å². The molecule has 620 valence electrons. The maximum atomic E-state index is 6.39. The molecule has 8 heterocycles. The second-order valence-corrected chi connectivity index (χ2v) is 36.5. The van der Waals surface area contributed by atoms with Gasteiger partial charge in [0.25, 0.3) is 0 Å². The first-order valence-electron chi connectivity index (χ1n) is 45.6. The van der Waals surface area contributed by atoms with E-state index >= 15 is 0 Å². The van der Waals surface area contributed by atoms with E-state index in [0.717, 1.165) is 144 Å². The van der Waals surface area contributed by atoms with Gasteiger partial charge in [0.15, 0.2) is 0 Å². The van der Waals surface area contributed by atoms with Gasteiger partial charge in [0, 0.05) is 118 Å². The van der Waals surface area contributed by atoms with Crippen molar-refractivity contribution in [2.75, 3.05) is 0 Å². The number of benzene rings is 22. The van der Waals surface area contributed by atoms with Crippen molar-refractivity contribution in [3.8, 4) is 67.8 Å². The van der Waals surface area contributed by atoms with Gasteiger partial charge in [-0.2, -0.15) is 0 Å². The molecule has 0 spiro atoms. The lowest BCUT2D eigenvalue weighted by Crippen LogP contribution is -1.99. The van der Waals surface area contributed by atoms with E-state index in [0.29, 0.717) is 0 Å². The first kappa shape index (κ1) is 74.3. The molecule has 0 unspecified atom stereocenters. The summed E-state index contributed by atoms with van der Waals surface area (Å²) in [6.07, 6.45) is 0. The molecule has 10 heteroatoms. The van der Waals surface area contributed by atoms with Crippen molar-refractivity contribution < 1.29 is 4.42 Å². The molecule has 30 rings (SSSR count). The van der Waals surface area contributed by atoms with Gasteiger partial charge in [-0.1, -0.05) is 273 Å². The Balaban J connectivity index is 0.000000131. The monoisotopic (exact) mass is 1720 g/mol. The number of para-hydroxylation sites is 9. The highest BCUT2D eigenvalue weighted by molar-refractivity contribution is 7.25. The lowest BCUT2D eigenvalue weighted by molar-refractivity contribution is 0.669. The molecule has 0 amide bonds. The highest BCUT2D eigenvalue weighted by Gasteiger charge is 2.27. The summed E-state index contributed by atoms with van der Waals surface area (Å²) in [6.45, 7) is 0. The van der Waals surface area contributed by atoms with E-state index in [9.17, 15) is 0 Å². The van der Waals surface area contributed by atoms with Gasteiger partial charge in [-0.25, -0.2) is 19.9 Å². The molecule has 0 aliphatic carbocycles. The van der Waals surface area contributed by atoms with Crippen LogP contribution in [0.15, 0.2) is 441 Å². The molecule has 0 bridgehead atoms. The molecule has 8 aromatic heterocycles. The van der Waals surface area contributed by atoms with Crippen molar-refractivity contribution >= 4 is 227 Å². The van der Waals surface area contributed by atoms with Gasteiger partial charge in [-0.15, -0.1) is 11.3 Å². The summed E-state index contributed by atoms with van der Waals surface area (Å²) < 4.78 is 18.7. The molecular weight excluding hydrogens is 1650 g/mol. The zero-order chi connectivity index (χ0) is 87.5. The Labute approximate surface area is 769 Å². The number of furan rings is 1. The molecule has 9 nitrogen and oxygen atoms in total. The van der Waals surface area contributed by atoms with Crippen molar-refractivity contribution in [2.24, 2.45) is 0 Å². The van der Waals surface area contributed by atoms with Crippen LogP contribution in [-0.2, 0) is 0 Å². The molecule has 0 saturated carbocycles. The smallest absolute Gasteiger partial charge is 0.136 e. The van der Waals surface area contributed by atoms with Crippen molar-refractivity contribution in [1.82, 2.24) is 38.2 Å². The van der Waals surface area contributed by atoms with Gasteiger partial charge in [0.2, 0.25) is 0 Å². The molecule has 0 saturated heterocycles. The summed E-state index contributed by atoms with van der Waals surface area (Å²) in [7, 11) is 0. The van der Waals surface area contributed by atoms with Crippen LogP contribution in [-0.4, -0.2) is 38.2 Å². The zero-order valence-electron chi connectivity index (χ0n) is 72.0. The highest BCUT2D eigenvalue weighted by Crippen LogP contribution is 2.49. The Morgan fingerprint density at radius 3 is 1.07 bits per heavy atom. The second kappa shape index (κ2) is 28.9. The minimum atomic E-state index is 0.816. The molecule has 0 radical (unpaired) electrons. The number of fused-ring (bicyclic) bond motifs is 28. The lowest BCUT2D eigenvalue weighted by atomic mass is 9.96. The van der Waals surface area contributed by atoms with Crippen LogP contribution in [0.1, 0.15) is 0 Å². The fourth-order valence-electron chi connectivity index (χ4n) is 22.1. The number of hydrogen-bond acceptors (Lipinski definition) is 6. The lowest BCUT2D eigenvalue weighted by Gasteiger charge is -2.17. The van der Waals surface area contributed by atoms with Crippen LogP contribution in [0, 0.1) is 0 Å². The minimum absolute atomic E-state index is 0.816. The van der Waals surface area contributed by atoms with Gasteiger partial charge in [-0.05, 0) is 218 Å². The van der Waals surface area contributed by atoms with Gasteiger partial charge in [-0.3, -0.25) is 0 Å². The average molecular weight is 1720 g/mol. The fraction of sp³-hybridized carbons (Fsp3) is 0. The number of aromatic nitrogens is 8. The topological polar surface area (TPSA) is 84.4 Å². The predicted octanol–water partition coefficient (Wildman–Crippen LogP) is 33.5. The summed E-state index contributed by atoms with van der Waals surface area (Å²) in [6, 6.07) is 158. The maximum Gasteiger partial charge on any atom is 0.136 e. The van der Waals surface area contributed by atoms with Crippen molar-refractivity contribution in [3.63, 3.8) is 0 Å². The Bertz CT molecular complexity index is 9770. The Morgan fingerprint density at radius 1 is 0.187 bits per heavy atom. The average Bonchev–Trinajstić information content (AvgIpc) is 1.55. The van der Waals surface area contributed by atoms with Crippen LogP contribution in [0.4, 0.5) is 0 Å². The molecular formula is C124H72N8OS. The Morgan fingerprint density at radius 2 is 0.560 bits per heavy atom. The maximum absolute atomic E-state index is 6.39. The molecule has 0 aliphatic heterocycles. The standard InChI is InChI=1S/C62H36N4O.C62H36N4S/c2*1-2-14-42-37(13-1)27-31-56-60(42)49-19-6-11-23-54(49)65(56)41-28-25-38-35-57-50(34-40(38)33-41)45-17-5-10-22-53(45)66(57)55-32-30-48(43-15-3-4-16-44(43)55)62-61(63-51-20-8-9-21-52(51)64-62)39-26-29-47-46-18-7-12-24-58(46)67-59(47)36-39/h2*1-36H. The zero-order valence-corrected chi connectivity index (χ0v) is 72.8. The summed E-state index contributed by atoms with van der Waals surface area (Å²) in [5.41, 5.74) is 26.7. The fourth-order valence-corrected chi connectivity index (χ4v) is 23.3. The summed E-state index contributed by atoms with van der Waals surface area (Å²) >= 11 is 1.83. The molecule has 134 heavy (non-hydrogen) atoms. The van der Waals surface area contributed by atoms with Crippen molar-refractivity contribution in [1.29, 1.82) is 0 Å². The molecule has 0 atom stereocenters. The summed E-state index contributed by atoms with van der Waals surface area (Å²) in [5.74, 6) is 0. The van der Waals surface area contributed by atoms with Gasteiger partial charge in [0.1, 0.15) is 11.2 Å². The van der Waals surface area contributed by atoms with E-state index in [1.54, 1.807) is 0 Å². The number of rotatable bonds is 8. The summed E-state index contributed by atoms with van der Waals surface area (Å²) in [5, 5.41) is 29.1. The van der Waals surface area contributed by atoms with Crippen LogP contribution in [0.25, 0.3) is 284 Å². The molecule has 22 aromatic carbocycles. The van der Waals surface area contributed by atoms with Crippen LogP contribution < -0.4 is 0 Å². The van der Waals surface area contributed by atoms with Crippen LogP contribution in [0.5, 0.6) is 0 Å². The third-order valence-electron chi connectivity index (χ3n) is 28.1. The third-order valence-corrected chi connectivity index (χ3v) is 29.2. The van der Waals surface area contributed by atoms with Crippen LogP contribution in [0.3, 0.4) is 0 Å². The second-order valence-electron chi connectivity index (χ2n) is 35.4. The third kappa shape index (κ3) is 11.2. The van der Waals surface area contributed by atoms with E-state index in [1.165, 1.54) is 139 Å². The van der Waals surface area contributed by atoms with Gasteiger partial charge in [0.05, 0.1) is 100 Å². The van der Waals surface area contributed by atoms with Crippen molar-refractivity contribution in [3.05, 3.63) is 437 Å². The quantitative estimate of drug-likeness (QED) is 0.151. The van der Waals surface area contributed by atoms with E-state index in [2.05, 4.69) is 407 Å². The highest BCUT2D eigenvalue weighted by atomic mass is 32.1. The number of hydrogen-bond donors (Lipinski definition) is 0. The minimum Gasteiger partial charge on any atom is -0.456 e. The Hall–Kier alpha value is -17.7. The van der Waals surface area contributed by atoms with Crippen LogP contribution in [0.2, 0.25) is 0 Å². The summed E-state index contributed by atoms with van der Waals surface area (Å²) in [4.78, 5) is 21.5. The van der Waals surface area contributed by atoms with Gasteiger partial charge >= 0.3 is 0 Å². The molecule has 0 fully saturated rings. The Kier molecular flexibility index (Phi) is 16.0. The number of nitrogens with zero attached hydrogens (tertiary/aromatic N) is 8.